The van der Waals surface area contributed by atoms with Gasteiger partial charge in [0, 0.05) is 12.2 Å². The van der Waals surface area contributed by atoms with Crippen molar-refractivity contribution < 1.29 is 0 Å². The molecule has 0 aliphatic carbocycles. The fourth-order valence-corrected chi connectivity index (χ4v) is 1.53. The summed E-state index contributed by atoms with van der Waals surface area (Å²) in [5, 5.41) is 3.22. The predicted octanol–water partition coefficient (Wildman–Crippen LogP) is 2.30. The fraction of sp³-hybridized carbons (Fsp3) is 0.231. The zero-order valence-corrected chi connectivity index (χ0v) is 10.1. The van der Waals surface area contributed by atoms with Crippen LogP contribution in [0.1, 0.15) is 17.0 Å². The molecule has 4 nitrogen and oxygen atoms in total. The Labute approximate surface area is 101 Å². The first-order valence-electron chi connectivity index (χ1n) is 5.55. The highest BCUT2D eigenvalue weighted by atomic mass is 15.0. The summed E-state index contributed by atoms with van der Waals surface area (Å²) in [5.74, 6) is 0.752. The van der Waals surface area contributed by atoms with Gasteiger partial charge in [0.1, 0.15) is 5.82 Å². The third-order valence-corrected chi connectivity index (χ3v) is 2.63. The number of nitrogens with zero attached hydrogens (tertiary/aromatic N) is 2. The summed E-state index contributed by atoms with van der Waals surface area (Å²) < 4.78 is 0. The van der Waals surface area contributed by atoms with E-state index in [9.17, 15) is 0 Å². The topological polar surface area (TPSA) is 63.8 Å². The number of aryl methyl sites for hydroxylation is 2. The number of rotatable bonds is 3. The molecule has 0 bridgehead atoms. The molecular weight excluding hydrogens is 212 g/mol. The molecule has 0 aliphatic rings. The van der Waals surface area contributed by atoms with Crippen LogP contribution in [0.5, 0.6) is 0 Å². The molecular formula is C13H16N4. The molecule has 0 atom stereocenters. The zero-order chi connectivity index (χ0) is 12.3. The average molecular weight is 228 g/mol. The minimum Gasteiger partial charge on any atom is -0.339 e. The molecule has 0 fully saturated rings. The summed E-state index contributed by atoms with van der Waals surface area (Å²) in [4.78, 5) is 8.69. The van der Waals surface area contributed by atoms with Crippen LogP contribution in [0.4, 0.5) is 11.5 Å². The highest BCUT2D eigenvalue weighted by Crippen LogP contribution is 2.16. The van der Waals surface area contributed by atoms with Crippen molar-refractivity contribution in [3.63, 3.8) is 0 Å². The molecule has 2 rings (SSSR count). The van der Waals surface area contributed by atoms with Gasteiger partial charge in [-0.1, -0.05) is 12.1 Å². The summed E-state index contributed by atoms with van der Waals surface area (Å²) in [6.07, 6.45) is 1.73. The lowest BCUT2D eigenvalue weighted by molar-refractivity contribution is 1.05. The molecule has 3 N–H and O–H groups in total. The lowest BCUT2D eigenvalue weighted by Gasteiger charge is -2.08. The van der Waals surface area contributed by atoms with Crippen molar-refractivity contribution >= 4 is 11.5 Å². The van der Waals surface area contributed by atoms with Crippen molar-refractivity contribution in [3.8, 4) is 0 Å². The molecule has 0 spiro atoms. The minimum atomic E-state index is 0.536. The number of anilines is 2. The van der Waals surface area contributed by atoms with Gasteiger partial charge in [0.25, 0.3) is 0 Å². The number of hydrogen-bond donors (Lipinski definition) is 2. The minimum absolute atomic E-state index is 0.536. The molecule has 0 unspecified atom stereocenters. The van der Waals surface area contributed by atoms with Crippen LogP contribution in [-0.2, 0) is 6.54 Å². The molecule has 17 heavy (non-hydrogen) atoms. The van der Waals surface area contributed by atoms with Crippen molar-refractivity contribution in [3.05, 3.63) is 47.4 Å². The molecule has 0 radical (unpaired) electrons. The van der Waals surface area contributed by atoms with E-state index < -0.39 is 0 Å². The normalized spacial score (nSPS) is 10.3. The van der Waals surface area contributed by atoms with E-state index in [2.05, 4.69) is 15.3 Å². The molecule has 1 aromatic heterocycles. The van der Waals surface area contributed by atoms with Crippen LogP contribution >= 0.6 is 0 Å². The Balaban J connectivity index is 2.22. The molecule has 0 saturated heterocycles. The maximum atomic E-state index is 5.60. The summed E-state index contributed by atoms with van der Waals surface area (Å²) in [5.41, 5.74) is 9.55. The Morgan fingerprint density at radius 2 is 2.06 bits per heavy atom. The van der Waals surface area contributed by atoms with Crippen LogP contribution in [0, 0.1) is 13.8 Å². The summed E-state index contributed by atoms with van der Waals surface area (Å²) in [6, 6.07) is 7.96. The van der Waals surface area contributed by atoms with Crippen molar-refractivity contribution in [2.24, 2.45) is 5.73 Å². The van der Waals surface area contributed by atoms with E-state index in [0.29, 0.717) is 6.54 Å². The summed E-state index contributed by atoms with van der Waals surface area (Å²) in [7, 11) is 0. The van der Waals surface area contributed by atoms with E-state index >= 15 is 0 Å². The van der Waals surface area contributed by atoms with E-state index in [4.69, 9.17) is 5.73 Å². The van der Waals surface area contributed by atoms with Gasteiger partial charge in [-0.3, -0.25) is 4.98 Å². The van der Waals surface area contributed by atoms with Gasteiger partial charge < -0.3 is 11.1 Å². The summed E-state index contributed by atoms with van der Waals surface area (Å²) in [6.45, 7) is 4.43. The lowest BCUT2D eigenvalue weighted by atomic mass is 10.2. The molecule has 0 aliphatic heterocycles. The fourth-order valence-electron chi connectivity index (χ4n) is 1.53. The highest BCUT2D eigenvalue weighted by Gasteiger charge is 2.00. The second kappa shape index (κ2) is 4.93. The van der Waals surface area contributed by atoms with Crippen molar-refractivity contribution in [2.45, 2.75) is 20.4 Å². The van der Waals surface area contributed by atoms with Gasteiger partial charge in [0.2, 0.25) is 0 Å². The van der Waals surface area contributed by atoms with E-state index in [1.165, 1.54) is 0 Å². The smallest absolute Gasteiger partial charge is 0.149 e. The first-order chi connectivity index (χ1) is 8.19. The zero-order valence-electron chi connectivity index (χ0n) is 10.1. The standard InChI is InChI=1S/C13H16N4/c1-9-10(2)16-13(8-15-9)17-12-5-3-4-11(6-12)7-14/h3-6,8H,7,14H2,1-2H3,(H,16,17). The lowest BCUT2D eigenvalue weighted by Crippen LogP contribution is -2.00. The molecule has 4 heteroatoms. The number of nitrogens with two attached hydrogens (primary N) is 1. The van der Waals surface area contributed by atoms with E-state index in [1.54, 1.807) is 6.20 Å². The Bertz CT molecular complexity index is 523. The molecule has 88 valence electrons. The quantitative estimate of drug-likeness (QED) is 0.846. The Hall–Kier alpha value is -1.94. The Morgan fingerprint density at radius 3 is 2.76 bits per heavy atom. The molecule has 1 heterocycles. The molecule has 2 aromatic rings. The average Bonchev–Trinajstić information content (AvgIpc) is 2.34. The van der Waals surface area contributed by atoms with Crippen LogP contribution < -0.4 is 11.1 Å². The molecule has 0 saturated carbocycles. The van der Waals surface area contributed by atoms with Crippen LogP contribution in [-0.4, -0.2) is 9.97 Å². The Kier molecular flexibility index (Phi) is 3.35. The monoisotopic (exact) mass is 228 g/mol. The third kappa shape index (κ3) is 2.79. The van der Waals surface area contributed by atoms with E-state index in [1.807, 2.05) is 38.1 Å². The number of nitrogens with one attached hydrogen (secondary N) is 1. The van der Waals surface area contributed by atoms with Gasteiger partial charge in [0.05, 0.1) is 17.6 Å². The second-order valence-electron chi connectivity index (χ2n) is 3.96. The Morgan fingerprint density at radius 1 is 1.24 bits per heavy atom. The van der Waals surface area contributed by atoms with Gasteiger partial charge in [-0.05, 0) is 31.5 Å². The van der Waals surface area contributed by atoms with Crippen molar-refractivity contribution in [1.29, 1.82) is 0 Å². The number of benzene rings is 1. The van der Waals surface area contributed by atoms with Gasteiger partial charge in [0.15, 0.2) is 0 Å². The predicted molar refractivity (Wildman–Crippen MR) is 69.1 cm³/mol. The third-order valence-electron chi connectivity index (χ3n) is 2.63. The number of hydrogen-bond acceptors (Lipinski definition) is 4. The van der Waals surface area contributed by atoms with Crippen LogP contribution in [0.2, 0.25) is 0 Å². The summed E-state index contributed by atoms with van der Waals surface area (Å²) >= 11 is 0. The number of aromatic nitrogens is 2. The van der Waals surface area contributed by atoms with Gasteiger partial charge in [-0.2, -0.15) is 0 Å². The first kappa shape index (κ1) is 11.5. The van der Waals surface area contributed by atoms with Gasteiger partial charge in [-0.15, -0.1) is 0 Å². The molecule has 0 amide bonds. The van der Waals surface area contributed by atoms with Crippen LogP contribution in [0.3, 0.4) is 0 Å². The van der Waals surface area contributed by atoms with Crippen molar-refractivity contribution in [2.75, 3.05) is 5.32 Å². The maximum absolute atomic E-state index is 5.60. The largest absolute Gasteiger partial charge is 0.339 e. The van der Waals surface area contributed by atoms with Crippen molar-refractivity contribution in [1.82, 2.24) is 9.97 Å². The van der Waals surface area contributed by atoms with Crippen LogP contribution in [0.15, 0.2) is 30.5 Å². The van der Waals surface area contributed by atoms with Gasteiger partial charge >= 0.3 is 0 Å². The molecule has 1 aromatic carbocycles. The van der Waals surface area contributed by atoms with Crippen LogP contribution in [0.25, 0.3) is 0 Å². The van der Waals surface area contributed by atoms with Gasteiger partial charge in [-0.25, -0.2) is 4.98 Å². The SMILES string of the molecule is Cc1ncc(Nc2cccc(CN)c2)nc1C. The maximum Gasteiger partial charge on any atom is 0.149 e. The van der Waals surface area contributed by atoms with E-state index in [-0.39, 0.29) is 0 Å². The van der Waals surface area contributed by atoms with E-state index in [0.717, 1.165) is 28.5 Å². The first-order valence-corrected chi connectivity index (χ1v) is 5.55. The second-order valence-corrected chi connectivity index (χ2v) is 3.96. The highest BCUT2D eigenvalue weighted by molar-refractivity contribution is 5.56.